The molecule has 1 heterocycles. The Balaban J connectivity index is 2.27. The van der Waals surface area contributed by atoms with Crippen molar-refractivity contribution in [2.45, 2.75) is 65.0 Å². The third-order valence-electron chi connectivity index (χ3n) is 5.98. The predicted molar refractivity (Wildman–Crippen MR) is 144 cm³/mol. The maximum atomic E-state index is 6.70. The maximum absolute atomic E-state index is 6.70. The molecule has 2 rings (SSSR count). The van der Waals surface area contributed by atoms with Gasteiger partial charge < -0.3 is 28.4 Å². The first-order chi connectivity index (χ1) is 17.4. The van der Waals surface area contributed by atoms with E-state index in [0.717, 1.165) is 41.9 Å². The molecule has 4 atom stereocenters. The molecule has 0 spiro atoms. The van der Waals surface area contributed by atoms with Gasteiger partial charge in [-0.1, -0.05) is 49.4 Å². The normalized spacial score (nSPS) is 23.8. The smallest absolute Gasteiger partial charge is 0.146 e. The molecule has 6 nitrogen and oxygen atoms in total. The third-order valence-corrected chi connectivity index (χ3v) is 5.98. The fourth-order valence-electron chi connectivity index (χ4n) is 3.99. The van der Waals surface area contributed by atoms with Gasteiger partial charge in [0.1, 0.15) is 24.4 Å². The molecule has 0 aliphatic carbocycles. The van der Waals surface area contributed by atoms with Crippen LogP contribution in [0.25, 0.3) is 0 Å². The van der Waals surface area contributed by atoms with E-state index in [1.54, 1.807) is 21.3 Å². The van der Waals surface area contributed by atoms with Gasteiger partial charge in [-0.15, -0.1) is 0 Å². The zero-order valence-electron chi connectivity index (χ0n) is 22.8. The highest BCUT2D eigenvalue weighted by Gasteiger charge is 2.26. The van der Waals surface area contributed by atoms with Crippen molar-refractivity contribution in [1.82, 2.24) is 0 Å². The lowest BCUT2D eigenvalue weighted by molar-refractivity contribution is -0.0771. The van der Waals surface area contributed by atoms with E-state index in [9.17, 15) is 0 Å². The zero-order valence-corrected chi connectivity index (χ0v) is 22.8. The fraction of sp³-hybridized carbons (Fsp3) is 0.533. The van der Waals surface area contributed by atoms with E-state index >= 15 is 0 Å². The number of ether oxygens (including phenoxy) is 6. The van der Waals surface area contributed by atoms with Gasteiger partial charge in [0.15, 0.2) is 0 Å². The first kappa shape index (κ1) is 29.8. The second-order valence-electron chi connectivity index (χ2n) is 9.32. The van der Waals surface area contributed by atoms with Crippen molar-refractivity contribution in [2.75, 3.05) is 34.7 Å². The third kappa shape index (κ3) is 10.7. The van der Waals surface area contributed by atoms with E-state index in [4.69, 9.17) is 28.4 Å². The van der Waals surface area contributed by atoms with Crippen LogP contribution in [0.1, 0.15) is 45.6 Å². The summed E-state index contributed by atoms with van der Waals surface area (Å²) in [6.45, 7) is 11.6. The lowest BCUT2D eigenvalue weighted by atomic mass is 10.0. The number of methoxy groups -OCH3 is 3. The van der Waals surface area contributed by atoms with Gasteiger partial charge in [0, 0.05) is 7.11 Å². The van der Waals surface area contributed by atoms with E-state index in [2.05, 4.69) is 38.7 Å². The summed E-state index contributed by atoms with van der Waals surface area (Å²) in [5.74, 6) is 1.78. The van der Waals surface area contributed by atoms with Crippen LogP contribution in [-0.4, -0.2) is 53.0 Å². The molecule has 1 aromatic carbocycles. The Bertz CT molecular complexity index is 870. The van der Waals surface area contributed by atoms with Crippen LogP contribution in [0.15, 0.2) is 72.1 Å². The molecule has 36 heavy (non-hydrogen) atoms. The molecule has 1 aliphatic heterocycles. The van der Waals surface area contributed by atoms with Crippen LogP contribution < -0.4 is 4.74 Å². The van der Waals surface area contributed by atoms with Crippen LogP contribution in [0.5, 0.6) is 5.75 Å². The van der Waals surface area contributed by atoms with Crippen LogP contribution in [0, 0.1) is 5.92 Å². The molecule has 200 valence electrons. The summed E-state index contributed by atoms with van der Waals surface area (Å²) in [4.78, 5) is 0. The second kappa shape index (κ2) is 16.4. The molecule has 0 radical (unpaired) electrons. The number of rotatable bonds is 13. The molecule has 6 heteroatoms. The largest absolute Gasteiger partial charge is 0.497 e. The highest BCUT2D eigenvalue weighted by molar-refractivity contribution is 5.27. The molecule has 1 aliphatic rings. The molecule has 0 saturated carbocycles. The van der Waals surface area contributed by atoms with Gasteiger partial charge in [0.2, 0.25) is 0 Å². The minimum atomic E-state index is -0.239. The lowest BCUT2D eigenvalue weighted by Gasteiger charge is -2.28. The Kier molecular flexibility index (Phi) is 13.6. The second-order valence-corrected chi connectivity index (χ2v) is 9.32. The van der Waals surface area contributed by atoms with Gasteiger partial charge >= 0.3 is 0 Å². The molecule has 0 bridgehead atoms. The summed E-state index contributed by atoms with van der Waals surface area (Å²) in [7, 11) is 4.96. The molecule has 0 fully saturated rings. The average molecular weight is 501 g/mol. The van der Waals surface area contributed by atoms with Gasteiger partial charge in [-0.2, -0.15) is 0 Å². The number of hydrogen-bond donors (Lipinski definition) is 0. The summed E-state index contributed by atoms with van der Waals surface area (Å²) < 4.78 is 34.5. The Hall–Kier alpha value is -2.38. The Morgan fingerprint density at radius 3 is 2.58 bits per heavy atom. The van der Waals surface area contributed by atoms with Gasteiger partial charge in [-0.05, 0) is 68.4 Å². The monoisotopic (exact) mass is 500 g/mol. The van der Waals surface area contributed by atoms with Crippen molar-refractivity contribution in [2.24, 2.45) is 5.92 Å². The van der Waals surface area contributed by atoms with Crippen molar-refractivity contribution in [3.63, 3.8) is 0 Å². The number of hydrogen-bond acceptors (Lipinski definition) is 6. The first-order valence-electron chi connectivity index (χ1n) is 12.6. The standard InChI is InChI=1S/C30H44O6/c1-22(2)30(33-7)18-27-17-23(3)9-8-10-28(35-20-25-12-14-26(32-6)15-13-25)29(36-27)16-11-24(4)19-34-21-31-5/h9,11-16,18,24,27-29H,1,8,10,17,19-21H2,2-7H3/b16-11+,23-9-,30-18-/t24-,27+,28+,29+/m0/s1. The van der Waals surface area contributed by atoms with E-state index in [1.807, 2.05) is 37.3 Å². The molecule has 0 unspecified atom stereocenters. The van der Waals surface area contributed by atoms with Crippen LogP contribution in [0.3, 0.4) is 0 Å². The Morgan fingerprint density at radius 2 is 1.94 bits per heavy atom. The maximum Gasteiger partial charge on any atom is 0.146 e. The molecule has 1 aromatic rings. The molecular formula is C30H44O6. The van der Waals surface area contributed by atoms with Crippen molar-refractivity contribution in [3.05, 3.63) is 77.6 Å². The highest BCUT2D eigenvalue weighted by Crippen LogP contribution is 2.25. The summed E-state index contributed by atoms with van der Waals surface area (Å²) in [5.41, 5.74) is 3.24. The van der Waals surface area contributed by atoms with E-state index in [-0.39, 0.29) is 31.0 Å². The highest BCUT2D eigenvalue weighted by atomic mass is 16.7. The van der Waals surface area contributed by atoms with E-state index < -0.39 is 0 Å². The summed E-state index contributed by atoms with van der Waals surface area (Å²) >= 11 is 0. The summed E-state index contributed by atoms with van der Waals surface area (Å²) in [6, 6.07) is 7.97. The zero-order chi connectivity index (χ0) is 26.3. The van der Waals surface area contributed by atoms with Crippen LogP contribution in [0.2, 0.25) is 0 Å². The topological polar surface area (TPSA) is 55.4 Å². The minimum absolute atomic E-state index is 0.121. The minimum Gasteiger partial charge on any atom is -0.497 e. The lowest BCUT2D eigenvalue weighted by Crippen LogP contribution is -2.33. The van der Waals surface area contributed by atoms with Crippen molar-refractivity contribution in [3.8, 4) is 5.75 Å². The SMILES string of the molecule is C=C(C)/C(=C/[C@H]1C/C(C)=C\CC[C@@H](OCc2ccc(OC)cc2)[C@@H](/C=C/[C@H](C)COCOC)O1)OC. The Morgan fingerprint density at radius 1 is 1.19 bits per heavy atom. The average Bonchev–Trinajstić information content (AvgIpc) is 2.93. The molecule has 0 amide bonds. The van der Waals surface area contributed by atoms with Crippen molar-refractivity contribution in [1.29, 1.82) is 0 Å². The molecular weight excluding hydrogens is 456 g/mol. The van der Waals surface area contributed by atoms with Crippen LogP contribution in [0.4, 0.5) is 0 Å². The predicted octanol–water partition coefficient (Wildman–Crippen LogP) is 6.38. The Labute approximate surface area is 217 Å². The summed E-state index contributed by atoms with van der Waals surface area (Å²) in [5, 5.41) is 0. The van der Waals surface area contributed by atoms with Gasteiger partial charge in [-0.25, -0.2) is 0 Å². The van der Waals surface area contributed by atoms with Crippen LogP contribution >= 0.6 is 0 Å². The van der Waals surface area contributed by atoms with Gasteiger partial charge in [0.05, 0.1) is 39.6 Å². The molecule has 0 aromatic heterocycles. The van der Waals surface area contributed by atoms with Crippen molar-refractivity contribution < 1.29 is 28.4 Å². The van der Waals surface area contributed by atoms with Gasteiger partial charge in [-0.3, -0.25) is 0 Å². The van der Waals surface area contributed by atoms with Crippen molar-refractivity contribution >= 4 is 0 Å². The number of benzene rings is 1. The number of allylic oxidation sites excluding steroid dienone is 2. The molecule has 0 N–H and O–H groups in total. The molecule has 0 saturated heterocycles. The fourth-order valence-corrected chi connectivity index (χ4v) is 3.99. The quantitative estimate of drug-likeness (QED) is 0.103. The van der Waals surface area contributed by atoms with Crippen LogP contribution in [-0.2, 0) is 30.3 Å². The summed E-state index contributed by atoms with van der Waals surface area (Å²) in [6.07, 6.45) is 10.6. The first-order valence-corrected chi connectivity index (χ1v) is 12.6. The van der Waals surface area contributed by atoms with E-state index in [0.29, 0.717) is 13.2 Å². The van der Waals surface area contributed by atoms with Gasteiger partial charge in [0.25, 0.3) is 0 Å². The van der Waals surface area contributed by atoms with E-state index in [1.165, 1.54) is 5.57 Å².